The number of benzene rings is 2. The normalized spacial score (nSPS) is 10.9. The second kappa shape index (κ2) is 7.21. The van der Waals surface area contributed by atoms with E-state index in [1.807, 2.05) is 13.8 Å². The molecule has 0 bridgehead atoms. The molecule has 2 rings (SSSR count). The second-order valence-corrected chi connectivity index (χ2v) is 5.78. The lowest BCUT2D eigenvalue weighted by molar-refractivity contribution is 0.241. The first-order chi connectivity index (χ1) is 11.4. The summed E-state index contributed by atoms with van der Waals surface area (Å²) in [5, 5.41) is 5.60. The summed E-state index contributed by atoms with van der Waals surface area (Å²) in [7, 11) is 3.07. The highest BCUT2D eigenvalue weighted by molar-refractivity contribution is 5.91. The first-order valence-corrected chi connectivity index (χ1v) is 7.43. The van der Waals surface area contributed by atoms with Gasteiger partial charge in [-0.15, -0.1) is 0 Å². The Morgan fingerprint density at radius 1 is 1.04 bits per heavy atom. The van der Waals surface area contributed by atoms with E-state index in [4.69, 9.17) is 9.47 Å². The first-order valence-electron chi connectivity index (χ1n) is 7.43. The van der Waals surface area contributed by atoms with E-state index in [0.717, 1.165) is 5.56 Å². The van der Waals surface area contributed by atoms with Crippen molar-refractivity contribution >= 4 is 11.7 Å². The van der Waals surface area contributed by atoms with E-state index >= 15 is 0 Å². The van der Waals surface area contributed by atoms with Crippen molar-refractivity contribution in [2.45, 2.75) is 19.4 Å². The molecule has 0 unspecified atom stereocenters. The van der Waals surface area contributed by atoms with Crippen molar-refractivity contribution in [3.63, 3.8) is 0 Å². The SMILES string of the molecule is COc1ccc(OC)c(NC(=O)NC(C)(C)c2ccc(F)cc2)c1. The zero-order valence-corrected chi connectivity index (χ0v) is 14.1. The van der Waals surface area contributed by atoms with E-state index < -0.39 is 11.6 Å². The van der Waals surface area contributed by atoms with Crippen LogP contribution in [0.5, 0.6) is 11.5 Å². The van der Waals surface area contributed by atoms with Crippen molar-refractivity contribution in [2.75, 3.05) is 19.5 Å². The average molecular weight is 332 g/mol. The predicted molar refractivity (Wildman–Crippen MR) is 91.1 cm³/mol. The minimum atomic E-state index is -0.677. The molecule has 128 valence electrons. The van der Waals surface area contributed by atoms with Crippen LogP contribution in [0.3, 0.4) is 0 Å². The average Bonchev–Trinajstić information content (AvgIpc) is 2.54. The maximum absolute atomic E-state index is 13.1. The number of carbonyl (C=O) groups excluding carboxylic acids is 1. The zero-order valence-electron chi connectivity index (χ0n) is 14.1. The van der Waals surface area contributed by atoms with Crippen LogP contribution in [0.1, 0.15) is 19.4 Å². The molecule has 0 heterocycles. The Balaban J connectivity index is 2.14. The zero-order chi connectivity index (χ0) is 17.7. The molecule has 0 aliphatic carbocycles. The van der Waals surface area contributed by atoms with Gasteiger partial charge in [-0.25, -0.2) is 9.18 Å². The molecule has 2 N–H and O–H groups in total. The fraction of sp³-hybridized carbons (Fsp3) is 0.278. The first kappa shape index (κ1) is 17.6. The summed E-state index contributed by atoms with van der Waals surface area (Å²) >= 11 is 0. The smallest absolute Gasteiger partial charge is 0.320 e. The van der Waals surface area contributed by atoms with Gasteiger partial charge in [-0.2, -0.15) is 0 Å². The molecule has 0 aromatic heterocycles. The number of ether oxygens (including phenoxy) is 2. The monoisotopic (exact) mass is 332 g/mol. The van der Waals surface area contributed by atoms with Crippen molar-refractivity contribution in [1.29, 1.82) is 0 Å². The Hall–Kier alpha value is -2.76. The number of anilines is 1. The summed E-state index contributed by atoms with van der Waals surface area (Å²) in [6.45, 7) is 3.67. The molecule has 24 heavy (non-hydrogen) atoms. The van der Waals surface area contributed by atoms with E-state index in [9.17, 15) is 9.18 Å². The van der Waals surface area contributed by atoms with Crippen molar-refractivity contribution in [1.82, 2.24) is 5.32 Å². The van der Waals surface area contributed by atoms with E-state index in [2.05, 4.69) is 10.6 Å². The van der Waals surface area contributed by atoms with Gasteiger partial charge < -0.3 is 20.1 Å². The molecule has 0 saturated heterocycles. The highest BCUT2D eigenvalue weighted by Crippen LogP contribution is 2.29. The van der Waals surface area contributed by atoms with Crippen LogP contribution in [0.25, 0.3) is 0 Å². The van der Waals surface area contributed by atoms with Gasteiger partial charge in [0.15, 0.2) is 0 Å². The molecule has 0 atom stereocenters. The van der Waals surface area contributed by atoms with E-state index in [1.54, 1.807) is 37.4 Å². The molecular formula is C18H21FN2O3. The van der Waals surface area contributed by atoms with Crippen LogP contribution in [0.2, 0.25) is 0 Å². The molecule has 0 saturated carbocycles. The Labute approximate surface area is 140 Å². The van der Waals surface area contributed by atoms with E-state index in [0.29, 0.717) is 17.2 Å². The number of halogens is 1. The van der Waals surface area contributed by atoms with Crippen LogP contribution in [-0.4, -0.2) is 20.3 Å². The lowest BCUT2D eigenvalue weighted by atomic mass is 9.94. The lowest BCUT2D eigenvalue weighted by Crippen LogP contribution is -2.43. The van der Waals surface area contributed by atoms with Crippen LogP contribution >= 0.6 is 0 Å². The molecule has 0 fully saturated rings. The molecular weight excluding hydrogens is 311 g/mol. The maximum Gasteiger partial charge on any atom is 0.320 e. The summed E-state index contributed by atoms with van der Waals surface area (Å²) < 4.78 is 23.4. The molecule has 5 nitrogen and oxygen atoms in total. The molecule has 2 aromatic carbocycles. The number of hydrogen-bond acceptors (Lipinski definition) is 3. The predicted octanol–water partition coefficient (Wildman–Crippen LogP) is 3.90. The molecule has 0 aliphatic rings. The minimum Gasteiger partial charge on any atom is -0.497 e. The van der Waals surface area contributed by atoms with Crippen molar-refractivity contribution < 1.29 is 18.7 Å². The highest BCUT2D eigenvalue weighted by Gasteiger charge is 2.23. The molecule has 2 aromatic rings. The maximum atomic E-state index is 13.1. The number of methoxy groups -OCH3 is 2. The molecule has 0 aliphatic heterocycles. The molecule has 2 amide bonds. The summed E-state index contributed by atoms with van der Waals surface area (Å²) in [6, 6.07) is 10.7. The van der Waals surface area contributed by atoms with Crippen molar-refractivity contribution in [3.8, 4) is 11.5 Å². The Morgan fingerprint density at radius 3 is 2.29 bits per heavy atom. The molecule has 0 radical (unpaired) electrons. The molecule has 0 spiro atoms. The van der Waals surface area contributed by atoms with Crippen LogP contribution in [0.4, 0.5) is 14.9 Å². The fourth-order valence-electron chi connectivity index (χ4n) is 2.29. The van der Waals surface area contributed by atoms with Gasteiger partial charge in [0, 0.05) is 6.07 Å². The van der Waals surface area contributed by atoms with Gasteiger partial charge >= 0.3 is 6.03 Å². The number of carbonyl (C=O) groups is 1. The largest absolute Gasteiger partial charge is 0.497 e. The summed E-state index contributed by atoms with van der Waals surface area (Å²) in [5.74, 6) is 0.801. The quantitative estimate of drug-likeness (QED) is 0.873. The third-order valence-corrected chi connectivity index (χ3v) is 3.65. The fourth-order valence-corrected chi connectivity index (χ4v) is 2.29. The van der Waals surface area contributed by atoms with Crippen molar-refractivity contribution in [3.05, 3.63) is 53.8 Å². The van der Waals surface area contributed by atoms with Crippen LogP contribution in [0.15, 0.2) is 42.5 Å². The topological polar surface area (TPSA) is 59.6 Å². The number of amides is 2. The van der Waals surface area contributed by atoms with Crippen LogP contribution in [-0.2, 0) is 5.54 Å². The summed E-state index contributed by atoms with van der Waals surface area (Å²) in [6.07, 6.45) is 0. The minimum absolute atomic E-state index is 0.319. The second-order valence-electron chi connectivity index (χ2n) is 5.78. The van der Waals surface area contributed by atoms with E-state index in [1.165, 1.54) is 19.2 Å². The number of hydrogen-bond donors (Lipinski definition) is 2. The van der Waals surface area contributed by atoms with Gasteiger partial charge in [0.25, 0.3) is 0 Å². The highest BCUT2D eigenvalue weighted by atomic mass is 19.1. The summed E-state index contributed by atoms with van der Waals surface area (Å²) in [4.78, 5) is 12.3. The lowest BCUT2D eigenvalue weighted by Gasteiger charge is -2.27. The Kier molecular flexibility index (Phi) is 5.28. The van der Waals surface area contributed by atoms with Gasteiger partial charge in [-0.1, -0.05) is 12.1 Å². The standard InChI is InChI=1S/C18H21FN2O3/c1-18(2,12-5-7-13(19)8-6-12)21-17(22)20-15-11-14(23-3)9-10-16(15)24-4/h5-11H,1-4H3,(H2,20,21,22). The Bertz CT molecular complexity index is 715. The van der Waals surface area contributed by atoms with Gasteiger partial charge in [0.1, 0.15) is 17.3 Å². The third-order valence-electron chi connectivity index (χ3n) is 3.65. The molecule has 6 heteroatoms. The number of urea groups is 1. The van der Waals surface area contributed by atoms with E-state index in [-0.39, 0.29) is 5.82 Å². The Morgan fingerprint density at radius 2 is 1.71 bits per heavy atom. The van der Waals surface area contributed by atoms with Gasteiger partial charge in [-0.3, -0.25) is 0 Å². The number of rotatable bonds is 5. The summed E-state index contributed by atoms with van der Waals surface area (Å²) in [5.41, 5.74) is 0.602. The third kappa shape index (κ3) is 4.16. The van der Waals surface area contributed by atoms with Crippen molar-refractivity contribution in [2.24, 2.45) is 0 Å². The van der Waals surface area contributed by atoms with Crippen LogP contribution in [0, 0.1) is 5.82 Å². The van der Waals surface area contributed by atoms with Gasteiger partial charge in [0.2, 0.25) is 0 Å². The van der Waals surface area contributed by atoms with Gasteiger partial charge in [0.05, 0.1) is 25.4 Å². The van der Waals surface area contributed by atoms with Crippen LogP contribution < -0.4 is 20.1 Å². The van der Waals surface area contributed by atoms with Gasteiger partial charge in [-0.05, 0) is 43.7 Å². The number of nitrogens with one attached hydrogen (secondary N) is 2.